The smallest absolute Gasteiger partial charge is 0.0631 e. The number of nitroso groups, excluding NO2 is 1. The van der Waals surface area contributed by atoms with Crippen LogP contribution in [0.5, 0.6) is 0 Å². The van der Waals surface area contributed by atoms with Crippen LogP contribution in [0.1, 0.15) is 64.2 Å². The first-order valence-electron chi connectivity index (χ1n) is 8.86. The van der Waals surface area contributed by atoms with Crippen molar-refractivity contribution in [2.24, 2.45) is 5.29 Å². The van der Waals surface area contributed by atoms with Crippen molar-refractivity contribution in [1.82, 2.24) is 0 Å². The first kappa shape index (κ1) is 15.3. The maximum atomic E-state index is 11.3. The highest BCUT2D eigenvalue weighted by atomic mass is 16.3. The second-order valence-electron chi connectivity index (χ2n) is 6.74. The van der Waals surface area contributed by atoms with Crippen LogP contribution in [0.25, 0.3) is 0 Å². The molecule has 0 spiro atoms. The van der Waals surface area contributed by atoms with Gasteiger partial charge in [0.25, 0.3) is 0 Å². The molecule has 0 heterocycles. The van der Waals surface area contributed by atoms with Gasteiger partial charge in [0.05, 0.1) is 17.0 Å². The third kappa shape index (κ3) is 3.79. The van der Waals surface area contributed by atoms with Gasteiger partial charge in [-0.2, -0.15) is 0 Å². The summed E-state index contributed by atoms with van der Waals surface area (Å²) in [5.41, 5.74) is 2.08. The second-order valence-corrected chi connectivity index (χ2v) is 6.74. The van der Waals surface area contributed by atoms with Crippen molar-refractivity contribution in [3.63, 3.8) is 0 Å². The molecule has 0 atom stereocenters. The summed E-state index contributed by atoms with van der Waals surface area (Å²) in [6.07, 6.45) is 12.4. The molecular formula is C18H27N3O. The largest absolute Gasteiger partial charge is 0.382 e. The Morgan fingerprint density at radius 1 is 0.864 bits per heavy atom. The lowest BCUT2D eigenvalue weighted by Crippen LogP contribution is -2.32. The van der Waals surface area contributed by atoms with Gasteiger partial charge >= 0.3 is 0 Å². The fourth-order valence-electron chi connectivity index (χ4n) is 3.84. The first-order chi connectivity index (χ1) is 10.9. The molecule has 4 heteroatoms. The first-order valence-corrected chi connectivity index (χ1v) is 8.86. The van der Waals surface area contributed by atoms with Crippen LogP contribution in [-0.2, 0) is 0 Å². The summed E-state index contributed by atoms with van der Waals surface area (Å²) in [7, 11) is 0. The van der Waals surface area contributed by atoms with Crippen molar-refractivity contribution < 1.29 is 0 Å². The van der Waals surface area contributed by atoms with Gasteiger partial charge in [-0.1, -0.05) is 38.5 Å². The zero-order valence-electron chi connectivity index (χ0n) is 13.3. The number of hydrogen-bond donors (Lipinski definition) is 1. The van der Waals surface area contributed by atoms with Crippen molar-refractivity contribution in [2.75, 3.05) is 10.3 Å². The Kier molecular flexibility index (Phi) is 5.30. The summed E-state index contributed by atoms with van der Waals surface area (Å²) >= 11 is 0. The van der Waals surface area contributed by atoms with Crippen molar-refractivity contribution in [3.05, 3.63) is 29.2 Å². The lowest BCUT2D eigenvalue weighted by Gasteiger charge is -2.29. The van der Waals surface area contributed by atoms with E-state index in [0.29, 0.717) is 6.04 Å². The van der Waals surface area contributed by atoms with Gasteiger partial charge in [0.2, 0.25) is 0 Å². The Hall–Kier alpha value is -1.58. The molecule has 0 bridgehead atoms. The van der Waals surface area contributed by atoms with Crippen LogP contribution >= 0.6 is 0 Å². The van der Waals surface area contributed by atoms with Crippen LogP contribution in [0.15, 0.2) is 29.6 Å². The number of rotatable bonds is 5. The minimum Gasteiger partial charge on any atom is -0.382 e. The van der Waals surface area contributed by atoms with Crippen LogP contribution in [0.2, 0.25) is 0 Å². The van der Waals surface area contributed by atoms with E-state index < -0.39 is 0 Å². The molecule has 2 saturated carbocycles. The molecule has 0 unspecified atom stereocenters. The van der Waals surface area contributed by atoms with Crippen LogP contribution in [-0.4, -0.2) is 12.1 Å². The molecule has 1 aromatic rings. The van der Waals surface area contributed by atoms with Crippen LogP contribution in [0, 0.1) is 4.91 Å². The third-order valence-corrected chi connectivity index (χ3v) is 5.12. The van der Waals surface area contributed by atoms with Gasteiger partial charge in [-0.3, -0.25) is 0 Å². The number of nitrogens with zero attached hydrogens (tertiary/aromatic N) is 2. The lowest BCUT2D eigenvalue weighted by molar-refractivity contribution is 0.418. The van der Waals surface area contributed by atoms with Crippen molar-refractivity contribution in [1.29, 1.82) is 0 Å². The molecule has 1 N–H and O–H groups in total. The van der Waals surface area contributed by atoms with E-state index in [9.17, 15) is 4.91 Å². The minimum absolute atomic E-state index is 0.281. The highest BCUT2D eigenvalue weighted by Crippen LogP contribution is 2.29. The van der Waals surface area contributed by atoms with Crippen LogP contribution < -0.4 is 10.3 Å². The molecule has 0 saturated heterocycles. The monoisotopic (exact) mass is 301 g/mol. The summed E-state index contributed by atoms with van der Waals surface area (Å²) in [6, 6.07) is 9.12. The molecule has 4 nitrogen and oxygen atoms in total. The van der Waals surface area contributed by atoms with Gasteiger partial charge in [0, 0.05) is 11.7 Å². The van der Waals surface area contributed by atoms with E-state index >= 15 is 0 Å². The van der Waals surface area contributed by atoms with Gasteiger partial charge < -0.3 is 5.32 Å². The Morgan fingerprint density at radius 3 is 2.05 bits per heavy atom. The van der Waals surface area contributed by atoms with Crippen LogP contribution in [0.4, 0.5) is 11.4 Å². The van der Waals surface area contributed by atoms with E-state index in [4.69, 9.17) is 0 Å². The van der Waals surface area contributed by atoms with Crippen molar-refractivity contribution in [2.45, 2.75) is 76.3 Å². The molecule has 2 aliphatic rings. The van der Waals surface area contributed by atoms with Crippen molar-refractivity contribution in [3.8, 4) is 0 Å². The molecule has 0 radical (unpaired) electrons. The average Bonchev–Trinajstić information content (AvgIpc) is 2.59. The fraction of sp³-hybridized carbons (Fsp3) is 0.667. The summed E-state index contributed by atoms with van der Waals surface area (Å²) in [6.45, 7) is 0. The van der Waals surface area contributed by atoms with E-state index in [2.05, 4.69) is 22.7 Å². The quantitative estimate of drug-likeness (QED) is 0.596. The van der Waals surface area contributed by atoms with E-state index in [-0.39, 0.29) is 6.04 Å². The molecule has 0 amide bonds. The summed E-state index contributed by atoms with van der Waals surface area (Å²) in [5, 5.41) is 8.59. The molecule has 3 rings (SSSR count). The molecule has 2 aliphatic carbocycles. The summed E-state index contributed by atoms with van der Waals surface area (Å²) in [4.78, 5) is 11.3. The minimum atomic E-state index is 0.281. The molecule has 1 aromatic carbocycles. The Bertz CT molecular complexity index is 462. The number of benzene rings is 1. The molecular weight excluding hydrogens is 274 g/mol. The zero-order chi connectivity index (χ0) is 15.2. The lowest BCUT2D eigenvalue weighted by atomic mass is 9.94. The fourth-order valence-corrected chi connectivity index (χ4v) is 3.84. The number of nitrogens with one attached hydrogen (secondary N) is 1. The molecule has 22 heavy (non-hydrogen) atoms. The van der Waals surface area contributed by atoms with Gasteiger partial charge in [0.1, 0.15) is 0 Å². The average molecular weight is 301 g/mol. The van der Waals surface area contributed by atoms with Gasteiger partial charge in [-0.05, 0) is 49.9 Å². The highest BCUT2D eigenvalue weighted by molar-refractivity contribution is 5.55. The Labute approximate surface area is 133 Å². The number of anilines is 2. The molecule has 120 valence electrons. The van der Waals surface area contributed by atoms with E-state index in [1.165, 1.54) is 51.4 Å². The Morgan fingerprint density at radius 2 is 1.45 bits per heavy atom. The SMILES string of the molecule is O=NN(c1ccc(NC2CCCCC2)cc1)C1CCCCC1. The maximum Gasteiger partial charge on any atom is 0.0631 e. The third-order valence-electron chi connectivity index (χ3n) is 5.12. The predicted molar refractivity (Wildman–Crippen MR) is 92.1 cm³/mol. The molecule has 0 aliphatic heterocycles. The topological polar surface area (TPSA) is 44.7 Å². The van der Waals surface area contributed by atoms with Gasteiger partial charge in [0.15, 0.2) is 0 Å². The van der Waals surface area contributed by atoms with Gasteiger partial charge in [-0.15, -0.1) is 4.91 Å². The highest BCUT2D eigenvalue weighted by Gasteiger charge is 2.22. The molecule has 0 aromatic heterocycles. The summed E-state index contributed by atoms with van der Waals surface area (Å²) < 4.78 is 0. The van der Waals surface area contributed by atoms with Crippen molar-refractivity contribution >= 4 is 11.4 Å². The zero-order valence-corrected chi connectivity index (χ0v) is 13.3. The van der Waals surface area contributed by atoms with Gasteiger partial charge in [-0.25, -0.2) is 5.01 Å². The summed E-state index contributed by atoms with van der Waals surface area (Å²) in [5.74, 6) is 0. The second kappa shape index (κ2) is 7.61. The van der Waals surface area contributed by atoms with E-state index in [1.807, 2.05) is 12.1 Å². The van der Waals surface area contributed by atoms with E-state index in [0.717, 1.165) is 24.2 Å². The molecule has 2 fully saturated rings. The predicted octanol–water partition coefficient (Wildman–Crippen LogP) is 5.25. The standard InChI is InChI=1S/C18H27N3O/c22-20-21(17-9-5-2-6-10-17)18-13-11-16(12-14-18)19-15-7-3-1-4-8-15/h11-15,17,19H,1-10H2. The van der Waals surface area contributed by atoms with Crippen LogP contribution in [0.3, 0.4) is 0 Å². The van der Waals surface area contributed by atoms with E-state index in [1.54, 1.807) is 5.01 Å². The normalized spacial score (nSPS) is 20.5. The Balaban J connectivity index is 1.62. The number of hydrogen-bond acceptors (Lipinski definition) is 3. The maximum absolute atomic E-state index is 11.3.